The van der Waals surface area contributed by atoms with E-state index in [0.29, 0.717) is 12.1 Å². The van der Waals surface area contributed by atoms with Crippen molar-refractivity contribution in [2.75, 3.05) is 12.4 Å². The van der Waals surface area contributed by atoms with E-state index >= 15 is 0 Å². The van der Waals surface area contributed by atoms with Gasteiger partial charge in [-0.05, 0) is 29.8 Å². The van der Waals surface area contributed by atoms with E-state index in [9.17, 15) is 4.79 Å². The van der Waals surface area contributed by atoms with Crippen molar-refractivity contribution >= 4 is 11.7 Å². The number of methoxy groups -OCH3 is 1. The van der Waals surface area contributed by atoms with Gasteiger partial charge in [0.1, 0.15) is 0 Å². The lowest BCUT2D eigenvalue weighted by molar-refractivity contribution is 0.0601. The molecule has 0 unspecified atom stereocenters. The number of aromatic nitrogens is 1. The SMILES string of the molecule is COC(=O)c1cccc(NCc2cccnc2)c1. The van der Waals surface area contributed by atoms with Crippen LogP contribution >= 0.6 is 0 Å². The van der Waals surface area contributed by atoms with Crippen molar-refractivity contribution in [1.29, 1.82) is 0 Å². The molecule has 0 amide bonds. The normalized spacial score (nSPS) is 9.83. The van der Waals surface area contributed by atoms with Crippen LogP contribution in [-0.2, 0) is 11.3 Å². The van der Waals surface area contributed by atoms with Crippen molar-refractivity contribution in [1.82, 2.24) is 4.98 Å². The number of ether oxygens (including phenoxy) is 1. The third-order valence-corrected chi connectivity index (χ3v) is 2.50. The van der Waals surface area contributed by atoms with Gasteiger partial charge in [0, 0.05) is 24.6 Å². The molecule has 0 fully saturated rings. The summed E-state index contributed by atoms with van der Waals surface area (Å²) in [6.07, 6.45) is 3.54. The first-order valence-electron chi connectivity index (χ1n) is 5.61. The fourth-order valence-electron chi connectivity index (χ4n) is 1.58. The molecule has 0 aliphatic heterocycles. The van der Waals surface area contributed by atoms with Gasteiger partial charge in [-0.25, -0.2) is 4.79 Å². The zero-order valence-electron chi connectivity index (χ0n) is 10.1. The molecule has 0 aliphatic carbocycles. The lowest BCUT2D eigenvalue weighted by atomic mass is 10.2. The number of benzene rings is 1. The van der Waals surface area contributed by atoms with Crippen LogP contribution in [0.4, 0.5) is 5.69 Å². The number of anilines is 1. The van der Waals surface area contributed by atoms with Crippen molar-refractivity contribution in [2.45, 2.75) is 6.54 Å². The van der Waals surface area contributed by atoms with Gasteiger partial charge in [-0.15, -0.1) is 0 Å². The van der Waals surface area contributed by atoms with Gasteiger partial charge in [-0.2, -0.15) is 0 Å². The molecule has 1 heterocycles. The largest absolute Gasteiger partial charge is 0.465 e. The molecule has 4 heteroatoms. The molecule has 0 saturated carbocycles. The molecule has 0 radical (unpaired) electrons. The number of pyridine rings is 1. The maximum Gasteiger partial charge on any atom is 0.337 e. The Labute approximate surface area is 106 Å². The van der Waals surface area contributed by atoms with Gasteiger partial charge in [-0.3, -0.25) is 4.98 Å². The Bertz CT molecular complexity index is 526. The second-order valence-corrected chi connectivity index (χ2v) is 3.79. The van der Waals surface area contributed by atoms with Crippen molar-refractivity contribution in [3.63, 3.8) is 0 Å². The number of rotatable bonds is 4. The number of nitrogens with zero attached hydrogens (tertiary/aromatic N) is 1. The highest BCUT2D eigenvalue weighted by molar-refractivity contribution is 5.90. The molecule has 18 heavy (non-hydrogen) atoms. The molecule has 92 valence electrons. The van der Waals surface area contributed by atoms with Crippen molar-refractivity contribution in [3.05, 3.63) is 59.9 Å². The Balaban J connectivity index is 2.04. The van der Waals surface area contributed by atoms with Crippen LogP contribution in [0.15, 0.2) is 48.8 Å². The second-order valence-electron chi connectivity index (χ2n) is 3.79. The Morgan fingerprint density at radius 3 is 2.94 bits per heavy atom. The van der Waals surface area contributed by atoms with Crippen LogP contribution in [0, 0.1) is 0 Å². The summed E-state index contributed by atoms with van der Waals surface area (Å²) < 4.78 is 4.68. The van der Waals surface area contributed by atoms with Crippen LogP contribution in [-0.4, -0.2) is 18.1 Å². The minimum atomic E-state index is -0.333. The van der Waals surface area contributed by atoms with Gasteiger partial charge >= 0.3 is 5.97 Å². The number of carbonyl (C=O) groups is 1. The van der Waals surface area contributed by atoms with Gasteiger partial charge in [0.05, 0.1) is 12.7 Å². The van der Waals surface area contributed by atoms with E-state index in [-0.39, 0.29) is 5.97 Å². The first-order chi connectivity index (χ1) is 8.79. The molecule has 2 aromatic rings. The molecule has 0 atom stereocenters. The highest BCUT2D eigenvalue weighted by Gasteiger charge is 2.05. The molecular weight excluding hydrogens is 228 g/mol. The van der Waals surface area contributed by atoms with E-state index in [1.807, 2.05) is 24.3 Å². The van der Waals surface area contributed by atoms with Crippen LogP contribution in [0.25, 0.3) is 0 Å². The number of esters is 1. The third-order valence-electron chi connectivity index (χ3n) is 2.50. The third kappa shape index (κ3) is 3.07. The summed E-state index contributed by atoms with van der Waals surface area (Å²) in [5.41, 5.74) is 2.50. The molecule has 0 bridgehead atoms. The number of carbonyl (C=O) groups excluding carboxylic acids is 1. The van der Waals surface area contributed by atoms with Crippen LogP contribution in [0.3, 0.4) is 0 Å². The Hall–Kier alpha value is -2.36. The van der Waals surface area contributed by atoms with E-state index in [0.717, 1.165) is 11.3 Å². The fraction of sp³-hybridized carbons (Fsp3) is 0.143. The lowest BCUT2D eigenvalue weighted by Crippen LogP contribution is -2.04. The van der Waals surface area contributed by atoms with E-state index in [4.69, 9.17) is 0 Å². The van der Waals surface area contributed by atoms with Crippen molar-refractivity contribution in [2.24, 2.45) is 0 Å². The first kappa shape index (κ1) is 12.1. The average molecular weight is 242 g/mol. The quantitative estimate of drug-likeness (QED) is 0.837. The number of nitrogens with one attached hydrogen (secondary N) is 1. The Kier molecular flexibility index (Phi) is 3.91. The molecule has 4 nitrogen and oxygen atoms in total. The summed E-state index contributed by atoms with van der Waals surface area (Å²) in [4.78, 5) is 15.4. The molecule has 0 aliphatic rings. The molecular formula is C14H14N2O2. The van der Waals surface area contributed by atoms with Crippen LogP contribution in [0.2, 0.25) is 0 Å². The zero-order chi connectivity index (χ0) is 12.8. The van der Waals surface area contributed by atoms with Crippen LogP contribution in [0.5, 0.6) is 0 Å². The summed E-state index contributed by atoms with van der Waals surface area (Å²) in [6, 6.07) is 11.1. The summed E-state index contributed by atoms with van der Waals surface area (Å²) in [7, 11) is 1.37. The molecule has 1 N–H and O–H groups in total. The fourth-order valence-corrected chi connectivity index (χ4v) is 1.58. The maximum absolute atomic E-state index is 11.4. The van der Waals surface area contributed by atoms with Crippen molar-refractivity contribution in [3.8, 4) is 0 Å². The molecule has 0 spiro atoms. The topological polar surface area (TPSA) is 51.2 Å². The zero-order valence-corrected chi connectivity index (χ0v) is 10.1. The number of hydrogen-bond donors (Lipinski definition) is 1. The smallest absolute Gasteiger partial charge is 0.337 e. The average Bonchev–Trinajstić information content (AvgIpc) is 2.45. The Morgan fingerprint density at radius 2 is 2.22 bits per heavy atom. The van der Waals surface area contributed by atoms with Gasteiger partial charge < -0.3 is 10.1 Å². The molecule has 2 rings (SSSR count). The molecule has 0 saturated heterocycles. The standard InChI is InChI=1S/C14H14N2O2/c1-18-14(17)12-5-2-6-13(8-12)16-10-11-4-3-7-15-9-11/h2-9,16H,10H2,1H3. The highest BCUT2D eigenvalue weighted by atomic mass is 16.5. The summed E-state index contributed by atoms with van der Waals surface area (Å²) in [5.74, 6) is -0.333. The van der Waals surface area contributed by atoms with Gasteiger partial charge in [0.15, 0.2) is 0 Å². The van der Waals surface area contributed by atoms with Crippen LogP contribution in [0.1, 0.15) is 15.9 Å². The summed E-state index contributed by atoms with van der Waals surface area (Å²) in [6.45, 7) is 0.665. The second kappa shape index (κ2) is 5.82. The van der Waals surface area contributed by atoms with E-state index < -0.39 is 0 Å². The lowest BCUT2D eigenvalue weighted by Gasteiger charge is -2.07. The van der Waals surface area contributed by atoms with Crippen LogP contribution < -0.4 is 5.32 Å². The van der Waals surface area contributed by atoms with Gasteiger partial charge in [-0.1, -0.05) is 12.1 Å². The van der Waals surface area contributed by atoms with Gasteiger partial charge in [0.25, 0.3) is 0 Å². The predicted octanol–water partition coefficient (Wildman–Crippen LogP) is 2.48. The first-order valence-corrected chi connectivity index (χ1v) is 5.61. The highest BCUT2D eigenvalue weighted by Crippen LogP contribution is 2.12. The van der Waals surface area contributed by atoms with Crippen molar-refractivity contribution < 1.29 is 9.53 Å². The maximum atomic E-state index is 11.4. The number of hydrogen-bond acceptors (Lipinski definition) is 4. The molecule has 1 aromatic carbocycles. The minimum Gasteiger partial charge on any atom is -0.465 e. The minimum absolute atomic E-state index is 0.333. The molecule has 1 aromatic heterocycles. The Morgan fingerprint density at radius 1 is 1.33 bits per heavy atom. The van der Waals surface area contributed by atoms with E-state index in [2.05, 4.69) is 15.0 Å². The van der Waals surface area contributed by atoms with E-state index in [1.54, 1.807) is 24.5 Å². The summed E-state index contributed by atoms with van der Waals surface area (Å²) >= 11 is 0. The monoisotopic (exact) mass is 242 g/mol. The summed E-state index contributed by atoms with van der Waals surface area (Å²) in [5, 5.41) is 3.23. The predicted molar refractivity (Wildman–Crippen MR) is 69.3 cm³/mol. The van der Waals surface area contributed by atoms with E-state index in [1.165, 1.54) is 7.11 Å². The van der Waals surface area contributed by atoms with Gasteiger partial charge in [0.2, 0.25) is 0 Å².